The summed E-state index contributed by atoms with van der Waals surface area (Å²) in [5.74, 6) is -1.59. The Morgan fingerprint density at radius 1 is 1.04 bits per heavy atom. The Labute approximate surface area is 152 Å². The predicted molar refractivity (Wildman–Crippen MR) is 99.2 cm³/mol. The predicted octanol–water partition coefficient (Wildman–Crippen LogP) is 3.66. The average molecular weight is 351 g/mol. The third-order valence-electron chi connectivity index (χ3n) is 4.47. The normalized spacial score (nSPS) is 12.0. The zero-order chi connectivity index (χ0) is 18.7. The first kappa shape index (κ1) is 17.7. The molecule has 0 aliphatic carbocycles. The van der Waals surface area contributed by atoms with E-state index in [1.54, 1.807) is 18.5 Å². The summed E-state index contributed by atoms with van der Waals surface area (Å²) in [5, 5.41) is 0.831. The molecule has 0 saturated heterocycles. The second-order valence-electron chi connectivity index (χ2n) is 5.93. The van der Waals surface area contributed by atoms with Crippen molar-refractivity contribution >= 4 is 22.8 Å². The molecule has 0 saturated carbocycles. The topological polar surface area (TPSA) is 57.5 Å². The number of hydrogen-bond acceptors (Lipinski definition) is 4. The van der Waals surface area contributed by atoms with Crippen molar-refractivity contribution in [2.24, 2.45) is 7.05 Å². The van der Waals surface area contributed by atoms with Crippen molar-refractivity contribution in [1.82, 2.24) is 4.57 Å². The maximum Gasteiger partial charge on any atom is 0.355 e. The van der Waals surface area contributed by atoms with Crippen LogP contribution >= 0.6 is 0 Å². The summed E-state index contributed by atoms with van der Waals surface area (Å²) in [7, 11) is 3.16. The van der Waals surface area contributed by atoms with Gasteiger partial charge in [0.15, 0.2) is 0 Å². The molecule has 26 heavy (non-hydrogen) atoms. The molecule has 5 heteroatoms. The van der Waals surface area contributed by atoms with Crippen LogP contribution < -0.4 is 0 Å². The van der Waals surface area contributed by atoms with Crippen LogP contribution in [0, 0.1) is 0 Å². The van der Waals surface area contributed by atoms with Crippen molar-refractivity contribution in [2.75, 3.05) is 13.7 Å². The summed E-state index contributed by atoms with van der Waals surface area (Å²) < 4.78 is 12.1. The molecule has 1 atom stereocenters. The minimum atomic E-state index is -0.716. The zero-order valence-corrected chi connectivity index (χ0v) is 15.1. The first-order valence-corrected chi connectivity index (χ1v) is 8.47. The van der Waals surface area contributed by atoms with Gasteiger partial charge in [-0.2, -0.15) is 0 Å². The van der Waals surface area contributed by atoms with Crippen molar-refractivity contribution in [1.29, 1.82) is 0 Å². The van der Waals surface area contributed by atoms with Gasteiger partial charge in [0.25, 0.3) is 0 Å². The lowest BCUT2D eigenvalue weighted by molar-refractivity contribution is -0.141. The first-order valence-electron chi connectivity index (χ1n) is 8.47. The molecule has 0 amide bonds. The van der Waals surface area contributed by atoms with Crippen LogP contribution in [0.1, 0.15) is 34.5 Å². The van der Waals surface area contributed by atoms with Crippen LogP contribution in [-0.4, -0.2) is 30.2 Å². The number of aromatic nitrogens is 1. The number of hydrogen-bond donors (Lipinski definition) is 0. The largest absolute Gasteiger partial charge is 0.468 e. The molecular formula is C21H21NO4. The number of para-hydroxylation sites is 1. The van der Waals surface area contributed by atoms with E-state index in [1.807, 2.05) is 54.6 Å². The van der Waals surface area contributed by atoms with E-state index in [0.717, 1.165) is 16.5 Å². The van der Waals surface area contributed by atoms with Crippen LogP contribution in [0.2, 0.25) is 0 Å². The van der Waals surface area contributed by atoms with E-state index in [2.05, 4.69) is 0 Å². The van der Waals surface area contributed by atoms with Crippen LogP contribution in [0.25, 0.3) is 10.9 Å². The standard InChI is InChI=1S/C21H21NO4/c1-4-26-21(24)19-18(15-12-8-9-13-16(15)22(19)2)17(20(23)25-3)14-10-6-5-7-11-14/h5-13,17H,4H2,1-3H3. The summed E-state index contributed by atoms with van der Waals surface area (Å²) in [4.78, 5) is 25.4. The van der Waals surface area contributed by atoms with Crippen LogP contribution in [0.4, 0.5) is 0 Å². The molecule has 2 aromatic carbocycles. The first-order chi connectivity index (χ1) is 12.6. The van der Waals surface area contributed by atoms with E-state index in [1.165, 1.54) is 7.11 Å². The molecule has 1 heterocycles. The van der Waals surface area contributed by atoms with E-state index in [-0.39, 0.29) is 6.61 Å². The maximum absolute atomic E-state index is 12.7. The molecule has 0 fully saturated rings. The number of ether oxygens (including phenoxy) is 2. The molecule has 0 N–H and O–H groups in total. The van der Waals surface area contributed by atoms with E-state index in [9.17, 15) is 9.59 Å². The maximum atomic E-state index is 12.7. The van der Waals surface area contributed by atoms with Crippen LogP contribution in [0.3, 0.4) is 0 Å². The van der Waals surface area contributed by atoms with Gasteiger partial charge in [0.1, 0.15) is 11.6 Å². The van der Waals surface area contributed by atoms with Gasteiger partial charge in [0.05, 0.1) is 13.7 Å². The lowest BCUT2D eigenvalue weighted by Crippen LogP contribution is -2.20. The molecule has 1 unspecified atom stereocenters. The number of carbonyl (C=O) groups is 2. The van der Waals surface area contributed by atoms with E-state index in [4.69, 9.17) is 9.47 Å². The van der Waals surface area contributed by atoms with Crippen molar-refractivity contribution in [3.63, 3.8) is 0 Å². The summed E-state index contributed by atoms with van der Waals surface area (Å²) in [6.07, 6.45) is 0. The average Bonchev–Trinajstić information content (AvgIpc) is 2.96. The smallest absolute Gasteiger partial charge is 0.355 e. The van der Waals surface area contributed by atoms with E-state index < -0.39 is 17.9 Å². The highest BCUT2D eigenvalue weighted by Crippen LogP contribution is 2.36. The molecule has 5 nitrogen and oxygen atoms in total. The highest BCUT2D eigenvalue weighted by molar-refractivity contribution is 6.03. The van der Waals surface area contributed by atoms with Crippen molar-refractivity contribution < 1.29 is 19.1 Å². The molecule has 3 aromatic rings. The van der Waals surface area contributed by atoms with Crippen molar-refractivity contribution in [3.05, 3.63) is 71.4 Å². The molecular weight excluding hydrogens is 330 g/mol. The fourth-order valence-corrected chi connectivity index (χ4v) is 3.35. The third-order valence-corrected chi connectivity index (χ3v) is 4.47. The number of aryl methyl sites for hydroxylation is 1. The Morgan fingerprint density at radius 3 is 2.35 bits per heavy atom. The van der Waals surface area contributed by atoms with E-state index in [0.29, 0.717) is 11.3 Å². The van der Waals surface area contributed by atoms with Crippen LogP contribution in [-0.2, 0) is 21.3 Å². The lowest BCUT2D eigenvalue weighted by Gasteiger charge is -2.17. The number of rotatable bonds is 5. The van der Waals surface area contributed by atoms with Crippen molar-refractivity contribution in [2.45, 2.75) is 12.8 Å². The van der Waals surface area contributed by atoms with Gasteiger partial charge >= 0.3 is 11.9 Å². The molecule has 0 radical (unpaired) electrons. The van der Waals surface area contributed by atoms with Gasteiger partial charge in [0, 0.05) is 23.5 Å². The second kappa shape index (κ2) is 7.44. The molecule has 0 bridgehead atoms. The van der Waals surface area contributed by atoms with Gasteiger partial charge in [0.2, 0.25) is 0 Å². The summed E-state index contributed by atoms with van der Waals surface area (Å²) in [6.45, 7) is 2.02. The SMILES string of the molecule is CCOC(=O)c1c(C(C(=O)OC)c2ccccc2)c2ccccc2n1C. The summed E-state index contributed by atoms with van der Waals surface area (Å²) in [5.41, 5.74) is 2.60. The lowest BCUT2D eigenvalue weighted by atomic mass is 9.89. The fraction of sp³-hybridized carbons (Fsp3) is 0.238. The molecule has 0 aliphatic heterocycles. The highest BCUT2D eigenvalue weighted by atomic mass is 16.5. The van der Waals surface area contributed by atoms with Gasteiger partial charge in [-0.1, -0.05) is 48.5 Å². The van der Waals surface area contributed by atoms with Crippen LogP contribution in [0.15, 0.2) is 54.6 Å². The van der Waals surface area contributed by atoms with Gasteiger partial charge in [-0.05, 0) is 18.6 Å². The number of fused-ring (bicyclic) bond motifs is 1. The van der Waals surface area contributed by atoms with Gasteiger partial charge in [-0.25, -0.2) is 4.79 Å². The summed E-state index contributed by atoms with van der Waals surface area (Å²) in [6, 6.07) is 16.9. The van der Waals surface area contributed by atoms with Gasteiger partial charge in [-0.15, -0.1) is 0 Å². The number of benzene rings is 2. The molecule has 0 spiro atoms. The zero-order valence-electron chi connectivity index (χ0n) is 15.1. The highest BCUT2D eigenvalue weighted by Gasteiger charge is 2.33. The fourth-order valence-electron chi connectivity index (χ4n) is 3.35. The Hall–Kier alpha value is -3.08. The van der Waals surface area contributed by atoms with Gasteiger partial charge in [-0.3, -0.25) is 4.79 Å². The molecule has 1 aromatic heterocycles. The molecule has 3 rings (SSSR count). The third kappa shape index (κ3) is 2.96. The summed E-state index contributed by atoms with van der Waals surface area (Å²) >= 11 is 0. The minimum absolute atomic E-state index is 0.258. The quantitative estimate of drug-likeness (QED) is 0.658. The van der Waals surface area contributed by atoms with Gasteiger partial charge < -0.3 is 14.0 Å². The molecule has 0 aliphatic rings. The number of methoxy groups -OCH3 is 1. The number of nitrogens with zero attached hydrogens (tertiary/aromatic N) is 1. The Bertz CT molecular complexity index is 943. The minimum Gasteiger partial charge on any atom is -0.468 e. The Balaban J connectivity index is 2.35. The Morgan fingerprint density at radius 2 is 1.69 bits per heavy atom. The number of esters is 2. The Kier molecular flexibility index (Phi) is 5.07. The second-order valence-corrected chi connectivity index (χ2v) is 5.93. The van der Waals surface area contributed by atoms with E-state index >= 15 is 0 Å². The monoisotopic (exact) mass is 351 g/mol. The van der Waals surface area contributed by atoms with Crippen molar-refractivity contribution in [3.8, 4) is 0 Å². The van der Waals surface area contributed by atoms with Crippen LogP contribution in [0.5, 0.6) is 0 Å². The number of carbonyl (C=O) groups excluding carboxylic acids is 2. The molecule has 134 valence electrons.